The standard InChI is InChI=1S/C17H21N5O/c1-23-16-13(4-2-7-18-16)12-21-10-5-15-14(21)6-11-22(15)17-19-8-3-9-20-17/h2-4,7-9,14-15H,5-6,10-12H2,1H3/t14-,15+/m1/s1. The van der Waals surface area contributed by atoms with Crippen LogP contribution in [0.4, 0.5) is 5.95 Å². The highest BCUT2D eigenvalue weighted by Gasteiger charge is 2.43. The van der Waals surface area contributed by atoms with E-state index in [4.69, 9.17) is 4.74 Å². The van der Waals surface area contributed by atoms with Crippen LogP contribution in [0.15, 0.2) is 36.8 Å². The molecule has 23 heavy (non-hydrogen) atoms. The number of aromatic nitrogens is 3. The average Bonchev–Trinajstić information content (AvgIpc) is 3.19. The molecule has 2 fully saturated rings. The summed E-state index contributed by atoms with van der Waals surface area (Å²) in [6, 6.07) is 7.02. The second kappa shape index (κ2) is 6.12. The number of pyridine rings is 1. The Morgan fingerprint density at radius 2 is 1.83 bits per heavy atom. The molecule has 0 aromatic carbocycles. The molecule has 0 bridgehead atoms. The maximum absolute atomic E-state index is 5.39. The first-order chi connectivity index (χ1) is 11.4. The second-order valence-corrected chi connectivity index (χ2v) is 6.10. The lowest BCUT2D eigenvalue weighted by Crippen LogP contribution is -2.37. The highest BCUT2D eigenvalue weighted by Crippen LogP contribution is 2.35. The third-order valence-electron chi connectivity index (χ3n) is 4.92. The molecule has 2 aromatic heterocycles. The summed E-state index contributed by atoms with van der Waals surface area (Å²) in [5.74, 6) is 1.60. The lowest BCUT2D eigenvalue weighted by atomic mass is 10.1. The summed E-state index contributed by atoms with van der Waals surface area (Å²) in [6.07, 6.45) is 7.74. The van der Waals surface area contributed by atoms with E-state index in [1.165, 1.54) is 0 Å². The van der Waals surface area contributed by atoms with Crippen LogP contribution in [-0.2, 0) is 6.54 Å². The SMILES string of the molecule is COc1ncccc1CN1CC[C@H]2[C@H]1CCN2c1ncccn1. The zero-order valence-electron chi connectivity index (χ0n) is 13.3. The van der Waals surface area contributed by atoms with Gasteiger partial charge in [0.05, 0.1) is 7.11 Å². The Kier molecular flexibility index (Phi) is 3.83. The van der Waals surface area contributed by atoms with Crippen LogP contribution in [0.1, 0.15) is 18.4 Å². The van der Waals surface area contributed by atoms with Crippen LogP contribution < -0.4 is 9.64 Å². The first-order valence-electron chi connectivity index (χ1n) is 8.12. The highest BCUT2D eigenvalue weighted by molar-refractivity contribution is 5.35. The molecular formula is C17H21N5O. The van der Waals surface area contributed by atoms with Crippen LogP contribution in [0.25, 0.3) is 0 Å². The van der Waals surface area contributed by atoms with Crippen molar-refractivity contribution in [2.45, 2.75) is 31.5 Å². The smallest absolute Gasteiger partial charge is 0.225 e. The molecule has 120 valence electrons. The monoisotopic (exact) mass is 311 g/mol. The lowest BCUT2D eigenvalue weighted by Gasteiger charge is -2.25. The van der Waals surface area contributed by atoms with Crippen LogP contribution in [0, 0.1) is 0 Å². The van der Waals surface area contributed by atoms with Gasteiger partial charge in [0.2, 0.25) is 11.8 Å². The molecule has 0 radical (unpaired) electrons. The largest absolute Gasteiger partial charge is 0.481 e. The van der Waals surface area contributed by atoms with E-state index in [-0.39, 0.29) is 0 Å². The number of hydrogen-bond donors (Lipinski definition) is 0. The molecule has 0 amide bonds. The van der Waals surface area contributed by atoms with Gasteiger partial charge in [0.25, 0.3) is 0 Å². The maximum Gasteiger partial charge on any atom is 0.225 e. The van der Waals surface area contributed by atoms with Crippen LogP contribution in [0.5, 0.6) is 5.88 Å². The van der Waals surface area contributed by atoms with Gasteiger partial charge < -0.3 is 9.64 Å². The minimum atomic E-state index is 0.514. The Hall–Kier alpha value is -2.21. The number of hydrogen-bond acceptors (Lipinski definition) is 6. The van der Waals surface area contributed by atoms with E-state index in [2.05, 4.69) is 30.8 Å². The van der Waals surface area contributed by atoms with Gasteiger partial charge in [0.1, 0.15) is 0 Å². The Morgan fingerprint density at radius 3 is 2.65 bits per heavy atom. The molecule has 0 spiro atoms. The Labute approximate surface area is 136 Å². The van der Waals surface area contributed by atoms with Crippen LogP contribution in [0.2, 0.25) is 0 Å². The fraction of sp³-hybridized carbons (Fsp3) is 0.471. The number of rotatable bonds is 4. The number of methoxy groups -OCH3 is 1. The van der Waals surface area contributed by atoms with E-state index in [1.54, 1.807) is 13.3 Å². The fourth-order valence-electron chi connectivity index (χ4n) is 3.91. The molecule has 2 aliphatic rings. The van der Waals surface area contributed by atoms with Gasteiger partial charge in [-0.1, -0.05) is 6.07 Å². The predicted octanol–water partition coefficient (Wildman–Crippen LogP) is 1.73. The number of ether oxygens (including phenoxy) is 1. The molecule has 6 nitrogen and oxygen atoms in total. The maximum atomic E-state index is 5.39. The summed E-state index contributed by atoms with van der Waals surface area (Å²) in [5, 5.41) is 0. The zero-order valence-corrected chi connectivity index (χ0v) is 13.3. The molecule has 0 saturated carbocycles. The van der Waals surface area contributed by atoms with Crippen molar-refractivity contribution in [3.8, 4) is 5.88 Å². The van der Waals surface area contributed by atoms with Gasteiger partial charge in [-0.25, -0.2) is 15.0 Å². The van der Waals surface area contributed by atoms with Crippen molar-refractivity contribution >= 4 is 5.95 Å². The fourth-order valence-corrected chi connectivity index (χ4v) is 3.91. The molecule has 2 saturated heterocycles. The van der Waals surface area contributed by atoms with Gasteiger partial charge in [-0.2, -0.15) is 0 Å². The molecule has 2 aliphatic heterocycles. The zero-order chi connectivity index (χ0) is 15.6. The number of nitrogens with zero attached hydrogens (tertiary/aromatic N) is 5. The van der Waals surface area contributed by atoms with E-state index in [0.29, 0.717) is 12.1 Å². The summed E-state index contributed by atoms with van der Waals surface area (Å²) in [5.41, 5.74) is 1.16. The van der Waals surface area contributed by atoms with Gasteiger partial charge in [0, 0.05) is 55.9 Å². The molecule has 4 heterocycles. The van der Waals surface area contributed by atoms with Crippen molar-refractivity contribution in [1.82, 2.24) is 19.9 Å². The van der Waals surface area contributed by atoms with Crippen molar-refractivity contribution in [3.63, 3.8) is 0 Å². The summed E-state index contributed by atoms with van der Waals surface area (Å²) >= 11 is 0. The van der Waals surface area contributed by atoms with Crippen molar-refractivity contribution in [1.29, 1.82) is 0 Å². The Bertz CT molecular complexity index is 665. The van der Waals surface area contributed by atoms with Crippen LogP contribution >= 0.6 is 0 Å². The van der Waals surface area contributed by atoms with E-state index in [0.717, 1.165) is 49.9 Å². The van der Waals surface area contributed by atoms with E-state index >= 15 is 0 Å². The molecule has 0 unspecified atom stereocenters. The quantitative estimate of drug-likeness (QED) is 0.857. The topological polar surface area (TPSA) is 54.4 Å². The third-order valence-corrected chi connectivity index (χ3v) is 4.92. The van der Waals surface area contributed by atoms with E-state index in [1.807, 2.05) is 24.5 Å². The highest BCUT2D eigenvalue weighted by atomic mass is 16.5. The van der Waals surface area contributed by atoms with Crippen molar-refractivity contribution < 1.29 is 4.74 Å². The molecular weight excluding hydrogens is 290 g/mol. The van der Waals surface area contributed by atoms with E-state index in [9.17, 15) is 0 Å². The van der Waals surface area contributed by atoms with Gasteiger partial charge >= 0.3 is 0 Å². The van der Waals surface area contributed by atoms with Gasteiger partial charge in [0.15, 0.2) is 0 Å². The normalized spacial score (nSPS) is 24.0. The van der Waals surface area contributed by atoms with Crippen LogP contribution in [0.3, 0.4) is 0 Å². The summed E-state index contributed by atoms with van der Waals surface area (Å²) < 4.78 is 5.39. The summed E-state index contributed by atoms with van der Waals surface area (Å²) in [4.78, 5) is 18.1. The van der Waals surface area contributed by atoms with Crippen LogP contribution in [-0.4, -0.2) is 52.1 Å². The molecule has 4 rings (SSSR count). The third kappa shape index (κ3) is 2.63. The minimum absolute atomic E-state index is 0.514. The number of likely N-dealkylation sites (tertiary alicyclic amines) is 1. The van der Waals surface area contributed by atoms with Crippen molar-refractivity contribution in [2.75, 3.05) is 25.1 Å². The number of anilines is 1. The van der Waals surface area contributed by atoms with Crippen molar-refractivity contribution in [2.24, 2.45) is 0 Å². The Morgan fingerprint density at radius 1 is 1.04 bits per heavy atom. The van der Waals surface area contributed by atoms with E-state index < -0.39 is 0 Å². The molecule has 6 heteroatoms. The minimum Gasteiger partial charge on any atom is -0.481 e. The van der Waals surface area contributed by atoms with Gasteiger partial charge in [-0.05, 0) is 25.0 Å². The molecule has 0 N–H and O–H groups in total. The molecule has 2 aromatic rings. The molecule has 2 atom stereocenters. The average molecular weight is 311 g/mol. The second-order valence-electron chi connectivity index (χ2n) is 6.10. The first-order valence-corrected chi connectivity index (χ1v) is 8.12. The Balaban J connectivity index is 1.50. The summed E-state index contributed by atoms with van der Waals surface area (Å²) in [7, 11) is 1.68. The molecule has 0 aliphatic carbocycles. The number of fused-ring (bicyclic) bond motifs is 1. The lowest BCUT2D eigenvalue weighted by molar-refractivity contribution is 0.241. The van der Waals surface area contributed by atoms with Gasteiger partial charge in [-0.15, -0.1) is 0 Å². The van der Waals surface area contributed by atoms with Crippen molar-refractivity contribution in [3.05, 3.63) is 42.4 Å². The first kappa shape index (κ1) is 14.4. The van der Waals surface area contributed by atoms with Gasteiger partial charge in [-0.3, -0.25) is 4.90 Å². The summed E-state index contributed by atoms with van der Waals surface area (Å²) in [6.45, 7) is 3.01. The predicted molar refractivity (Wildman–Crippen MR) is 87.4 cm³/mol.